The van der Waals surface area contributed by atoms with E-state index in [9.17, 15) is 9.59 Å². The molecule has 10 nitrogen and oxygen atoms in total. The number of likely N-dealkylation sites (N-methyl/N-ethyl adjacent to an activating group) is 1. The highest BCUT2D eigenvalue weighted by Crippen LogP contribution is 2.51. The quantitative estimate of drug-likeness (QED) is 0.521. The van der Waals surface area contributed by atoms with Gasteiger partial charge in [-0.25, -0.2) is 4.98 Å². The summed E-state index contributed by atoms with van der Waals surface area (Å²) in [5.74, 6) is -0.433. The van der Waals surface area contributed by atoms with Crippen LogP contribution < -0.4 is 15.5 Å². The number of aromatic nitrogens is 4. The monoisotopic (exact) mass is 476 g/mol. The van der Waals surface area contributed by atoms with Gasteiger partial charge in [0.2, 0.25) is 5.91 Å². The largest absolute Gasteiger partial charge is 0.376 e. The van der Waals surface area contributed by atoms with E-state index in [1.807, 2.05) is 25.2 Å². The van der Waals surface area contributed by atoms with E-state index in [0.717, 1.165) is 35.5 Å². The normalized spacial score (nSPS) is 19.0. The van der Waals surface area contributed by atoms with Crippen LogP contribution in [0, 0.1) is 5.92 Å². The molecule has 6 rings (SSSR count). The second-order valence-electron chi connectivity index (χ2n) is 9.28. The van der Waals surface area contributed by atoms with Crippen molar-refractivity contribution in [2.45, 2.75) is 31.7 Å². The lowest BCUT2D eigenvalue weighted by Gasteiger charge is -2.51. The second kappa shape index (κ2) is 7.88. The second-order valence-corrected chi connectivity index (χ2v) is 9.28. The molecule has 1 aliphatic carbocycles. The third-order valence-corrected chi connectivity index (χ3v) is 6.94. The maximum atomic E-state index is 13.0. The van der Waals surface area contributed by atoms with Gasteiger partial charge in [0, 0.05) is 48.4 Å². The van der Waals surface area contributed by atoms with Gasteiger partial charge >= 0.3 is 0 Å². The van der Waals surface area contributed by atoms with Crippen LogP contribution in [0.2, 0.25) is 0 Å². The zero-order valence-corrected chi connectivity index (χ0v) is 19.5. The molecule has 2 N–H and O–H groups in total. The number of benzene rings is 1. The molecule has 1 saturated heterocycles. The van der Waals surface area contributed by atoms with Gasteiger partial charge in [0.05, 0.1) is 35.8 Å². The van der Waals surface area contributed by atoms with Crippen LogP contribution in [0.4, 0.5) is 22.9 Å². The van der Waals surface area contributed by atoms with E-state index in [1.165, 1.54) is 6.20 Å². The maximum absolute atomic E-state index is 13.0. The average Bonchev–Trinajstić information content (AvgIpc) is 3.59. The summed E-state index contributed by atoms with van der Waals surface area (Å²) in [4.78, 5) is 33.3. The number of carbonyl (C=O) groups excluding carboxylic acids is 2. The summed E-state index contributed by atoms with van der Waals surface area (Å²) in [5, 5.41) is 15.4. The first-order valence-electron chi connectivity index (χ1n) is 13.0. The van der Waals surface area contributed by atoms with Crippen LogP contribution in [-0.4, -0.2) is 51.9 Å². The molecule has 0 atom stereocenters. The molecule has 35 heavy (non-hydrogen) atoms. The van der Waals surface area contributed by atoms with Crippen molar-refractivity contribution in [3.63, 3.8) is 0 Å². The Morgan fingerprint density at radius 2 is 2.06 bits per heavy atom. The van der Waals surface area contributed by atoms with Gasteiger partial charge in [0.1, 0.15) is 22.7 Å². The van der Waals surface area contributed by atoms with Gasteiger partial charge in [-0.15, -0.1) is 0 Å². The highest BCUT2D eigenvalue weighted by molar-refractivity contribution is 6.03. The molecule has 4 heterocycles. The van der Waals surface area contributed by atoms with Gasteiger partial charge < -0.3 is 20.3 Å². The van der Waals surface area contributed by atoms with E-state index in [2.05, 4.69) is 30.7 Å². The molecule has 2 fully saturated rings. The molecule has 2 aliphatic heterocycles. The van der Waals surface area contributed by atoms with Crippen molar-refractivity contribution in [3.05, 3.63) is 41.7 Å². The van der Waals surface area contributed by atoms with Crippen molar-refractivity contribution in [2.75, 3.05) is 35.8 Å². The minimum atomic E-state index is -2.43. The molecule has 1 spiro atoms. The molecular formula is C25H27N7O3. The lowest BCUT2D eigenvalue weighted by atomic mass is 9.83. The number of nitrogens with zero attached hydrogens (tertiary/aromatic N) is 5. The Balaban J connectivity index is 1.43. The topological polar surface area (TPSA) is 114 Å². The number of hydrogen-bond acceptors (Lipinski definition) is 8. The number of Topliss-reactive ketones (excluding diaryl/α,β-unsaturated/α-hetero) is 1. The van der Waals surface area contributed by atoms with Crippen molar-refractivity contribution in [2.24, 2.45) is 13.0 Å². The first-order chi connectivity index (χ1) is 18.1. The van der Waals surface area contributed by atoms with Crippen LogP contribution in [0.3, 0.4) is 0 Å². The highest BCUT2D eigenvalue weighted by Gasteiger charge is 2.52. The fraction of sp³-hybridized carbons (Fsp3) is 0.400. The highest BCUT2D eigenvalue weighted by atomic mass is 16.5. The number of ether oxygens (including phenoxy) is 1. The zero-order chi connectivity index (χ0) is 26.8. The number of aryl methyl sites for hydroxylation is 1. The fourth-order valence-electron chi connectivity index (χ4n) is 4.76. The number of hydrogen-bond donors (Lipinski definition) is 2. The predicted octanol–water partition coefficient (Wildman–Crippen LogP) is 3.24. The van der Waals surface area contributed by atoms with E-state index < -0.39 is 24.6 Å². The van der Waals surface area contributed by atoms with Gasteiger partial charge in [-0.3, -0.25) is 9.59 Å². The molecule has 0 bridgehead atoms. The number of nitrogens with one attached hydrogen (secondary N) is 2. The molecule has 1 aromatic carbocycles. The van der Waals surface area contributed by atoms with E-state index in [4.69, 9.17) is 8.85 Å². The van der Waals surface area contributed by atoms with Gasteiger partial charge in [-0.1, -0.05) is 19.0 Å². The van der Waals surface area contributed by atoms with E-state index in [1.54, 1.807) is 17.9 Å². The number of anilines is 4. The van der Waals surface area contributed by atoms with Gasteiger partial charge in [-0.2, -0.15) is 15.0 Å². The Kier molecular flexibility index (Phi) is 4.17. The van der Waals surface area contributed by atoms with Crippen LogP contribution in [0.15, 0.2) is 30.5 Å². The maximum Gasteiger partial charge on any atom is 0.228 e. The number of rotatable bonds is 6. The Bertz CT molecular complexity index is 1460. The minimum absolute atomic E-state index is 0.0260. The molecule has 180 valence electrons. The zero-order valence-electron chi connectivity index (χ0n) is 22.5. The molecule has 0 radical (unpaired) electrons. The number of para-hydroxylation sites is 1. The van der Waals surface area contributed by atoms with Crippen LogP contribution >= 0.6 is 0 Å². The lowest BCUT2D eigenvalue weighted by molar-refractivity contribution is -0.117. The van der Waals surface area contributed by atoms with Crippen LogP contribution in [0.5, 0.6) is 0 Å². The molecule has 0 unspecified atom stereocenters. The summed E-state index contributed by atoms with van der Waals surface area (Å²) in [6, 6.07) is 7.30. The van der Waals surface area contributed by atoms with Crippen molar-refractivity contribution < 1.29 is 18.4 Å². The minimum Gasteiger partial charge on any atom is -0.376 e. The van der Waals surface area contributed by atoms with Gasteiger partial charge in [0.15, 0.2) is 5.78 Å². The van der Waals surface area contributed by atoms with E-state index >= 15 is 0 Å². The van der Waals surface area contributed by atoms with Gasteiger partial charge in [0.25, 0.3) is 0 Å². The van der Waals surface area contributed by atoms with Crippen LogP contribution in [0.25, 0.3) is 11.3 Å². The SMILES string of the molecule is [2H]C([2H])([2H])CC(=O)c1cnc(NC(=O)C2CC2)cc1Nc1cccc2c1N(C)C1(COC1)c1nn(C)nc1-2. The number of carbonyl (C=O) groups is 2. The summed E-state index contributed by atoms with van der Waals surface area (Å²) in [5.41, 5.74) is 4.01. The predicted molar refractivity (Wildman–Crippen MR) is 131 cm³/mol. The molecule has 10 heteroatoms. The molecule has 3 aliphatic rings. The fourth-order valence-corrected chi connectivity index (χ4v) is 4.76. The summed E-state index contributed by atoms with van der Waals surface area (Å²) in [7, 11) is 3.75. The Hall–Kier alpha value is -3.79. The molecule has 2 aromatic heterocycles. The Morgan fingerprint density at radius 3 is 2.77 bits per heavy atom. The van der Waals surface area contributed by atoms with Crippen molar-refractivity contribution >= 4 is 34.6 Å². The van der Waals surface area contributed by atoms with E-state index in [0.29, 0.717) is 24.6 Å². The first kappa shape index (κ1) is 18.5. The third-order valence-electron chi connectivity index (χ3n) is 6.94. The molecule has 1 amide bonds. The van der Waals surface area contributed by atoms with Crippen LogP contribution in [-0.2, 0) is 22.1 Å². The summed E-state index contributed by atoms with van der Waals surface area (Å²) in [6.45, 7) is -1.52. The smallest absolute Gasteiger partial charge is 0.228 e. The number of ketones is 1. The molecule has 3 aromatic rings. The first-order valence-corrected chi connectivity index (χ1v) is 11.5. The number of pyridine rings is 1. The number of amides is 1. The lowest BCUT2D eigenvalue weighted by Crippen LogP contribution is -2.60. The number of fused-ring (bicyclic) bond motifs is 4. The van der Waals surface area contributed by atoms with Crippen molar-refractivity contribution in [1.82, 2.24) is 20.0 Å². The summed E-state index contributed by atoms with van der Waals surface area (Å²) >= 11 is 0. The molecular weight excluding hydrogens is 446 g/mol. The molecule has 1 saturated carbocycles. The van der Waals surface area contributed by atoms with Gasteiger partial charge in [-0.05, 0) is 18.9 Å². The third kappa shape index (κ3) is 3.39. The average molecular weight is 477 g/mol. The van der Waals surface area contributed by atoms with Crippen molar-refractivity contribution in [3.8, 4) is 11.3 Å². The standard InChI is InChI=1S/C25H27N7O3/c1-4-19(33)16-11-26-20(28-24(34)14-8-9-14)10-18(16)27-17-7-5-6-15-21-23(30-32(3)29-21)25(12-35-13-25)31(2)22(15)17/h5-7,10-11,14H,4,8-9,12-13H2,1-3H3,(H2,26,27,28,34)/i1D3. The van der Waals surface area contributed by atoms with E-state index in [-0.39, 0.29) is 23.2 Å². The van der Waals surface area contributed by atoms with Crippen molar-refractivity contribution in [1.29, 1.82) is 0 Å². The summed E-state index contributed by atoms with van der Waals surface area (Å²) < 4.78 is 28.3. The Labute approximate surface area is 206 Å². The van der Waals surface area contributed by atoms with Crippen LogP contribution in [0.1, 0.15) is 46.3 Å². The summed E-state index contributed by atoms with van der Waals surface area (Å²) in [6.07, 6.45) is 2.36. The Morgan fingerprint density at radius 1 is 1.23 bits per heavy atom.